The minimum absolute atomic E-state index is 0.0678. The number of phenols is 1. The minimum atomic E-state index is -0.279. The number of ether oxygens (including phenoxy) is 1. The van der Waals surface area contributed by atoms with Crippen LogP contribution in [0.4, 0.5) is 5.69 Å². The van der Waals surface area contributed by atoms with Crippen LogP contribution in [0.5, 0.6) is 11.5 Å². The molecule has 1 aliphatic rings. The second-order valence-corrected chi connectivity index (χ2v) is 8.88. The number of amides is 2. The fourth-order valence-electron chi connectivity index (χ4n) is 2.71. The molecule has 3 rings (SSSR count). The monoisotopic (exact) mass is 506 g/mol. The average molecular weight is 507 g/mol. The molecule has 0 radical (unpaired) electrons. The Kier molecular flexibility index (Phi) is 7.52. The van der Waals surface area contributed by atoms with Crippen molar-refractivity contribution in [3.63, 3.8) is 0 Å². The van der Waals surface area contributed by atoms with Crippen LogP contribution in [0, 0.1) is 0 Å². The molecule has 1 heterocycles. The lowest BCUT2D eigenvalue weighted by Gasteiger charge is -2.14. The number of halogens is 1. The molecule has 2 aromatic rings. The van der Waals surface area contributed by atoms with Crippen molar-refractivity contribution in [3.8, 4) is 11.5 Å². The molecule has 30 heavy (non-hydrogen) atoms. The van der Waals surface area contributed by atoms with E-state index < -0.39 is 0 Å². The molecule has 0 aliphatic carbocycles. The summed E-state index contributed by atoms with van der Waals surface area (Å²) >= 11 is 9.79. The molecule has 6 nitrogen and oxygen atoms in total. The normalized spacial score (nSPS) is 15.0. The molecule has 2 amide bonds. The highest BCUT2D eigenvalue weighted by atomic mass is 79.9. The average Bonchev–Trinajstić information content (AvgIpc) is 2.97. The molecule has 156 valence electrons. The van der Waals surface area contributed by atoms with E-state index in [9.17, 15) is 14.7 Å². The first-order chi connectivity index (χ1) is 14.4. The van der Waals surface area contributed by atoms with Crippen molar-refractivity contribution in [2.24, 2.45) is 0 Å². The van der Waals surface area contributed by atoms with Crippen molar-refractivity contribution in [2.45, 2.75) is 13.3 Å². The Morgan fingerprint density at radius 2 is 2.03 bits per heavy atom. The molecule has 0 spiro atoms. The SMILES string of the molecule is CCOc1ccc(NC(=O)CCN2C(=O)/C(=C/c3cc(Br)ccc3O)SC2=S)cc1. The Hall–Kier alpha value is -2.36. The van der Waals surface area contributed by atoms with Gasteiger partial charge in [-0.05, 0) is 55.5 Å². The smallest absolute Gasteiger partial charge is 0.266 e. The summed E-state index contributed by atoms with van der Waals surface area (Å²) in [4.78, 5) is 26.8. The number of thiocarbonyl (C=S) groups is 1. The van der Waals surface area contributed by atoms with E-state index in [4.69, 9.17) is 17.0 Å². The summed E-state index contributed by atoms with van der Waals surface area (Å²) in [6, 6.07) is 12.0. The zero-order chi connectivity index (χ0) is 21.7. The number of anilines is 1. The van der Waals surface area contributed by atoms with Gasteiger partial charge in [0, 0.05) is 28.7 Å². The van der Waals surface area contributed by atoms with Crippen LogP contribution in [0.3, 0.4) is 0 Å². The standard InChI is InChI=1S/C21H19BrN2O4S2/c1-2-28-16-6-4-15(5-7-16)23-19(26)9-10-24-20(27)18(30-21(24)29)12-13-11-14(22)3-8-17(13)25/h3-8,11-12,25H,2,9-10H2,1H3,(H,23,26)/b18-12-. The number of hydrogen-bond acceptors (Lipinski definition) is 6. The maximum atomic E-state index is 12.7. The number of nitrogens with zero attached hydrogens (tertiary/aromatic N) is 1. The number of carbonyl (C=O) groups is 2. The molecule has 1 fully saturated rings. The number of thioether (sulfide) groups is 1. The van der Waals surface area contributed by atoms with Crippen LogP contribution >= 0.6 is 39.9 Å². The van der Waals surface area contributed by atoms with E-state index in [1.807, 2.05) is 6.92 Å². The van der Waals surface area contributed by atoms with E-state index >= 15 is 0 Å². The molecule has 0 saturated carbocycles. The van der Waals surface area contributed by atoms with Crippen LogP contribution in [0.1, 0.15) is 18.9 Å². The van der Waals surface area contributed by atoms with Gasteiger partial charge >= 0.3 is 0 Å². The van der Waals surface area contributed by atoms with Crippen molar-refractivity contribution in [3.05, 3.63) is 57.4 Å². The highest BCUT2D eigenvalue weighted by Gasteiger charge is 2.32. The molecule has 0 bridgehead atoms. The third-order valence-corrected chi connectivity index (χ3v) is 6.03. The van der Waals surface area contributed by atoms with Crippen molar-refractivity contribution in [1.29, 1.82) is 0 Å². The van der Waals surface area contributed by atoms with Gasteiger partial charge in [0.2, 0.25) is 5.91 Å². The largest absolute Gasteiger partial charge is 0.507 e. The van der Waals surface area contributed by atoms with Crippen LogP contribution < -0.4 is 10.1 Å². The number of hydrogen-bond donors (Lipinski definition) is 2. The first kappa shape index (κ1) is 22.3. The van der Waals surface area contributed by atoms with Gasteiger partial charge < -0.3 is 15.2 Å². The van der Waals surface area contributed by atoms with E-state index in [2.05, 4.69) is 21.2 Å². The number of phenolic OH excluding ortho intramolecular Hbond substituents is 1. The highest BCUT2D eigenvalue weighted by Crippen LogP contribution is 2.34. The van der Waals surface area contributed by atoms with Crippen LogP contribution in [-0.4, -0.2) is 39.3 Å². The van der Waals surface area contributed by atoms with Gasteiger partial charge in [-0.25, -0.2) is 0 Å². The Morgan fingerprint density at radius 1 is 1.30 bits per heavy atom. The van der Waals surface area contributed by atoms with Crippen molar-refractivity contribution in [2.75, 3.05) is 18.5 Å². The molecule has 2 aromatic carbocycles. The zero-order valence-corrected chi connectivity index (χ0v) is 19.3. The zero-order valence-electron chi connectivity index (χ0n) is 16.1. The lowest BCUT2D eigenvalue weighted by Crippen LogP contribution is -2.31. The fraction of sp³-hybridized carbons (Fsp3) is 0.190. The molecule has 0 aromatic heterocycles. The number of nitrogens with one attached hydrogen (secondary N) is 1. The Balaban J connectivity index is 1.59. The molecular formula is C21H19BrN2O4S2. The van der Waals surface area contributed by atoms with Crippen molar-refractivity contribution < 1.29 is 19.4 Å². The van der Waals surface area contributed by atoms with E-state index in [0.717, 1.165) is 22.0 Å². The van der Waals surface area contributed by atoms with Gasteiger partial charge in [0.1, 0.15) is 15.8 Å². The Morgan fingerprint density at radius 3 is 2.73 bits per heavy atom. The van der Waals surface area contributed by atoms with Gasteiger partial charge in [-0.3, -0.25) is 14.5 Å². The Labute approximate surface area is 192 Å². The summed E-state index contributed by atoms with van der Waals surface area (Å²) in [5.74, 6) is 0.301. The molecular weight excluding hydrogens is 488 g/mol. The number of carbonyl (C=O) groups excluding carboxylic acids is 2. The van der Waals surface area contributed by atoms with Gasteiger partial charge in [-0.15, -0.1) is 0 Å². The number of aromatic hydroxyl groups is 1. The number of rotatable bonds is 7. The maximum absolute atomic E-state index is 12.7. The topological polar surface area (TPSA) is 78.9 Å². The lowest BCUT2D eigenvalue weighted by molar-refractivity contribution is -0.122. The lowest BCUT2D eigenvalue weighted by atomic mass is 10.2. The van der Waals surface area contributed by atoms with E-state index in [0.29, 0.717) is 27.1 Å². The first-order valence-electron chi connectivity index (χ1n) is 9.14. The summed E-state index contributed by atoms with van der Waals surface area (Å²) in [6.07, 6.45) is 1.70. The first-order valence-corrected chi connectivity index (χ1v) is 11.2. The van der Waals surface area contributed by atoms with E-state index in [1.54, 1.807) is 48.5 Å². The van der Waals surface area contributed by atoms with Crippen LogP contribution in [-0.2, 0) is 9.59 Å². The highest BCUT2D eigenvalue weighted by molar-refractivity contribution is 9.10. The van der Waals surface area contributed by atoms with Gasteiger partial charge in [0.15, 0.2) is 0 Å². The second kappa shape index (κ2) is 10.1. The Bertz CT molecular complexity index is 1010. The summed E-state index contributed by atoms with van der Waals surface area (Å²) in [7, 11) is 0. The van der Waals surface area contributed by atoms with Crippen LogP contribution in [0.25, 0.3) is 6.08 Å². The summed E-state index contributed by atoms with van der Waals surface area (Å²) in [5, 5.41) is 12.8. The predicted molar refractivity (Wildman–Crippen MR) is 127 cm³/mol. The summed E-state index contributed by atoms with van der Waals surface area (Å²) < 4.78 is 6.54. The molecule has 2 N–H and O–H groups in total. The van der Waals surface area contributed by atoms with Gasteiger partial charge in [0.25, 0.3) is 5.91 Å². The van der Waals surface area contributed by atoms with Crippen molar-refractivity contribution in [1.82, 2.24) is 4.90 Å². The van der Waals surface area contributed by atoms with Crippen molar-refractivity contribution >= 4 is 67.8 Å². The fourth-order valence-corrected chi connectivity index (χ4v) is 4.39. The second-order valence-electron chi connectivity index (χ2n) is 6.29. The summed E-state index contributed by atoms with van der Waals surface area (Å²) in [5.41, 5.74) is 1.16. The van der Waals surface area contributed by atoms with Crippen LogP contribution in [0.2, 0.25) is 0 Å². The predicted octanol–water partition coefficient (Wildman–Crippen LogP) is 4.78. The van der Waals surface area contributed by atoms with Gasteiger partial charge in [0.05, 0.1) is 11.5 Å². The van der Waals surface area contributed by atoms with Gasteiger partial charge in [-0.1, -0.05) is 39.9 Å². The molecule has 0 atom stereocenters. The third-order valence-electron chi connectivity index (χ3n) is 4.16. The van der Waals surface area contributed by atoms with E-state index in [-0.39, 0.29) is 30.5 Å². The summed E-state index contributed by atoms with van der Waals surface area (Å²) in [6.45, 7) is 2.65. The number of benzene rings is 2. The molecule has 1 aliphatic heterocycles. The van der Waals surface area contributed by atoms with Gasteiger partial charge in [-0.2, -0.15) is 0 Å². The third kappa shape index (κ3) is 5.62. The van der Waals surface area contributed by atoms with Crippen LogP contribution in [0.15, 0.2) is 51.8 Å². The maximum Gasteiger partial charge on any atom is 0.266 e. The minimum Gasteiger partial charge on any atom is -0.507 e. The molecule has 9 heteroatoms. The molecule has 0 unspecified atom stereocenters. The quantitative estimate of drug-likeness (QED) is 0.415. The molecule has 1 saturated heterocycles. The van der Waals surface area contributed by atoms with E-state index in [1.165, 1.54) is 4.90 Å².